The van der Waals surface area contributed by atoms with Crippen LogP contribution in [0.4, 0.5) is 4.39 Å². The second-order valence-corrected chi connectivity index (χ2v) is 6.69. The zero-order valence-electron chi connectivity index (χ0n) is 15.3. The summed E-state index contributed by atoms with van der Waals surface area (Å²) in [5, 5.41) is 29.7. The Labute approximate surface area is 165 Å². The largest absolute Gasteiger partial charge is 0.508 e. The molecule has 29 heavy (non-hydrogen) atoms. The van der Waals surface area contributed by atoms with Gasteiger partial charge in [0.05, 0.1) is 11.1 Å². The first-order chi connectivity index (χ1) is 13.9. The van der Waals surface area contributed by atoms with Crippen LogP contribution in [0.15, 0.2) is 60.7 Å². The van der Waals surface area contributed by atoms with E-state index in [-0.39, 0.29) is 17.1 Å². The molecule has 0 amide bonds. The highest BCUT2D eigenvalue weighted by Crippen LogP contribution is 2.38. The number of phenolic OH excluding ortho intramolecular Hbond substituents is 1. The normalized spacial score (nSPS) is 10.8. The molecule has 4 aromatic rings. The van der Waals surface area contributed by atoms with Crippen molar-refractivity contribution in [1.82, 2.24) is 4.57 Å². The van der Waals surface area contributed by atoms with Crippen LogP contribution in [-0.4, -0.2) is 20.7 Å². The molecule has 0 bridgehead atoms. The first-order valence-corrected chi connectivity index (χ1v) is 8.78. The van der Waals surface area contributed by atoms with E-state index in [9.17, 15) is 19.6 Å². The molecule has 0 spiro atoms. The molecule has 1 aromatic heterocycles. The van der Waals surface area contributed by atoms with E-state index < -0.39 is 5.97 Å². The summed E-state index contributed by atoms with van der Waals surface area (Å²) in [5.41, 5.74) is 3.37. The van der Waals surface area contributed by atoms with Crippen LogP contribution in [0.2, 0.25) is 0 Å². The predicted molar refractivity (Wildman–Crippen MR) is 107 cm³/mol. The predicted octanol–water partition coefficient (Wildman–Crippen LogP) is 5.02. The Morgan fingerprint density at radius 1 is 1.07 bits per heavy atom. The third-order valence-electron chi connectivity index (χ3n) is 4.88. The summed E-state index contributed by atoms with van der Waals surface area (Å²) < 4.78 is 15.5. The van der Waals surface area contributed by atoms with Gasteiger partial charge < -0.3 is 14.8 Å². The van der Waals surface area contributed by atoms with Crippen LogP contribution >= 0.6 is 0 Å². The molecule has 0 aliphatic carbocycles. The first kappa shape index (κ1) is 18.3. The van der Waals surface area contributed by atoms with E-state index >= 15 is 0 Å². The van der Waals surface area contributed by atoms with E-state index in [0.717, 1.165) is 0 Å². The molecular weight excluding hydrogens is 371 g/mol. The van der Waals surface area contributed by atoms with Crippen molar-refractivity contribution in [2.75, 3.05) is 0 Å². The molecule has 4 rings (SSSR count). The fraction of sp³-hybridized carbons (Fsp3) is 0.0435. The minimum Gasteiger partial charge on any atom is -0.508 e. The Balaban J connectivity index is 2.07. The number of halogens is 1. The minimum atomic E-state index is -1.04. The molecule has 2 N–H and O–H groups in total. The topological polar surface area (TPSA) is 86.2 Å². The van der Waals surface area contributed by atoms with Gasteiger partial charge in [0.2, 0.25) is 0 Å². The number of phenols is 1. The number of rotatable bonds is 3. The van der Waals surface area contributed by atoms with Crippen molar-refractivity contribution in [3.05, 3.63) is 83.3 Å². The van der Waals surface area contributed by atoms with E-state index in [1.54, 1.807) is 47.9 Å². The van der Waals surface area contributed by atoms with Gasteiger partial charge >= 0.3 is 5.97 Å². The van der Waals surface area contributed by atoms with Gasteiger partial charge in [-0.15, -0.1) is 0 Å². The van der Waals surface area contributed by atoms with Crippen LogP contribution in [0.3, 0.4) is 0 Å². The average molecular weight is 386 g/mol. The maximum atomic E-state index is 13.8. The Hall–Kier alpha value is -4.11. The lowest BCUT2D eigenvalue weighted by molar-refractivity contribution is 0.0697. The zero-order valence-corrected chi connectivity index (χ0v) is 15.3. The second kappa shape index (κ2) is 6.80. The number of carbonyl (C=O) groups is 1. The van der Waals surface area contributed by atoms with Gasteiger partial charge in [-0.25, -0.2) is 9.18 Å². The third-order valence-corrected chi connectivity index (χ3v) is 4.88. The van der Waals surface area contributed by atoms with Crippen LogP contribution in [0.25, 0.3) is 27.7 Å². The molecule has 0 atom stereocenters. The molecule has 0 aliphatic heterocycles. The highest BCUT2D eigenvalue weighted by atomic mass is 19.1. The fourth-order valence-electron chi connectivity index (χ4n) is 3.49. The van der Waals surface area contributed by atoms with Gasteiger partial charge in [-0.05, 0) is 66.6 Å². The third kappa shape index (κ3) is 2.99. The number of nitrogens with zero attached hydrogens (tertiary/aromatic N) is 2. The van der Waals surface area contributed by atoms with Crippen molar-refractivity contribution >= 4 is 16.9 Å². The molecule has 5 nitrogen and oxygen atoms in total. The van der Waals surface area contributed by atoms with Crippen LogP contribution < -0.4 is 0 Å². The van der Waals surface area contributed by atoms with Gasteiger partial charge in [-0.1, -0.05) is 12.1 Å². The van der Waals surface area contributed by atoms with Gasteiger partial charge in [-0.2, -0.15) is 5.26 Å². The summed E-state index contributed by atoms with van der Waals surface area (Å²) in [6.07, 6.45) is 0. The number of aromatic nitrogens is 1. The Bertz CT molecular complexity index is 1310. The molecule has 0 saturated carbocycles. The van der Waals surface area contributed by atoms with Gasteiger partial charge in [-0.3, -0.25) is 0 Å². The highest BCUT2D eigenvalue weighted by molar-refractivity contribution is 6.01. The van der Waals surface area contributed by atoms with Gasteiger partial charge in [0.1, 0.15) is 23.3 Å². The second-order valence-electron chi connectivity index (χ2n) is 6.69. The van der Waals surface area contributed by atoms with Crippen molar-refractivity contribution in [2.24, 2.45) is 0 Å². The van der Waals surface area contributed by atoms with E-state index in [4.69, 9.17) is 5.11 Å². The van der Waals surface area contributed by atoms with Crippen LogP contribution in [0.5, 0.6) is 5.75 Å². The van der Waals surface area contributed by atoms with Crippen molar-refractivity contribution in [1.29, 1.82) is 5.26 Å². The van der Waals surface area contributed by atoms with Crippen molar-refractivity contribution in [3.8, 4) is 28.6 Å². The van der Waals surface area contributed by atoms with Gasteiger partial charge in [0, 0.05) is 16.6 Å². The molecule has 1 heterocycles. The Morgan fingerprint density at radius 3 is 2.41 bits per heavy atom. The summed E-state index contributed by atoms with van der Waals surface area (Å²) in [7, 11) is 0. The Morgan fingerprint density at radius 2 is 1.79 bits per heavy atom. The van der Waals surface area contributed by atoms with Crippen molar-refractivity contribution < 1.29 is 19.4 Å². The summed E-state index contributed by atoms with van der Waals surface area (Å²) in [4.78, 5) is 11.2. The SMILES string of the molecule is Cc1cc(-n2c(C#N)c(-c3ccc(C(=O)O)cc3)c3cc(O)ccc32)ccc1F. The quantitative estimate of drug-likeness (QED) is 0.518. The molecule has 0 fully saturated rings. The Kier molecular flexibility index (Phi) is 4.29. The summed E-state index contributed by atoms with van der Waals surface area (Å²) in [5.74, 6) is -1.34. The number of aryl methyl sites for hydroxylation is 1. The molecule has 0 aliphatic rings. The van der Waals surface area contributed by atoms with E-state index in [1.165, 1.54) is 24.3 Å². The molecule has 0 unspecified atom stereocenters. The average Bonchev–Trinajstić information content (AvgIpc) is 3.03. The minimum absolute atomic E-state index is 0.0397. The maximum absolute atomic E-state index is 13.8. The lowest BCUT2D eigenvalue weighted by Gasteiger charge is -2.09. The molecule has 142 valence electrons. The molecule has 3 aromatic carbocycles. The molecule has 0 radical (unpaired) electrons. The van der Waals surface area contributed by atoms with Crippen LogP contribution in [0, 0.1) is 24.1 Å². The molecule has 6 heteroatoms. The van der Waals surface area contributed by atoms with Crippen LogP contribution in [0.1, 0.15) is 21.6 Å². The smallest absolute Gasteiger partial charge is 0.335 e. The highest BCUT2D eigenvalue weighted by Gasteiger charge is 2.21. The number of carboxylic acid groups (broad SMARTS) is 1. The number of aromatic hydroxyl groups is 1. The summed E-state index contributed by atoms with van der Waals surface area (Å²) >= 11 is 0. The first-order valence-electron chi connectivity index (χ1n) is 8.78. The lowest BCUT2D eigenvalue weighted by Crippen LogP contribution is -1.99. The number of benzene rings is 3. The summed E-state index contributed by atoms with van der Waals surface area (Å²) in [6, 6.07) is 17.8. The standard InChI is InChI=1S/C23H15FN2O3/c1-13-10-16(6-8-19(13)24)26-20-9-7-17(27)11-18(20)22(21(26)12-25)14-2-4-15(5-3-14)23(28)29/h2-11,27H,1H3,(H,28,29). The number of hydrogen-bond donors (Lipinski definition) is 2. The monoisotopic (exact) mass is 386 g/mol. The number of aromatic carboxylic acids is 1. The summed E-state index contributed by atoms with van der Waals surface area (Å²) in [6.45, 7) is 1.65. The number of hydrogen-bond acceptors (Lipinski definition) is 3. The van der Waals surface area contributed by atoms with Crippen molar-refractivity contribution in [3.63, 3.8) is 0 Å². The van der Waals surface area contributed by atoms with E-state index in [1.807, 2.05) is 0 Å². The van der Waals surface area contributed by atoms with Crippen LogP contribution in [-0.2, 0) is 0 Å². The fourth-order valence-corrected chi connectivity index (χ4v) is 3.49. The lowest BCUT2D eigenvalue weighted by atomic mass is 10.0. The number of carboxylic acids is 1. The zero-order chi connectivity index (χ0) is 20.7. The number of fused-ring (bicyclic) bond motifs is 1. The van der Waals surface area contributed by atoms with Gasteiger partial charge in [0.25, 0.3) is 0 Å². The van der Waals surface area contributed by atoms with Crippen molar-refractivity contribution in [2.45, 2.75) is 6.92 Å². The maximum Gasteiger partial charge on any atom is 0.335 e. The van der Waals surface area contributed by atoms with E-state index in [2.05, 4.69) is 6.07 Å². The molecular formula is C23H15FN2O3. The number of nitriles is 1. The molecule has 0 saturated heterocycles. The van der Waals surface area contributed by atoms with E-state index in [0.29, 0.717) is 39.0 Å². The van der Waals surface area contributed by atoms with Gasteiger partial charge in [0.15, 0.2) is 0 Å².